The van der Waals surface area contributed by atoms with Crippen LogP contribution in [-0.2, 0) is 10.2 Å². The summed E-state index contributed by atoms with van der Waals surface area (Å²) in [6.45, 7) is 4.10. The molecule has 20 heavy (non-hydrogen) atoms. The topological polar surface area (TPSA) is 40.6 Å². The van der Waals surface area contributed by atoms with Gasteiger partial charge in [-0.1, -0.05) is 19.8 Å². The van der Waals surface area contributed by atoms with Crippen LogP contribution in [0.15, 0.2) is 0 Å². The third-order valence-corrected chi connectivity index (χ3v) is 7.14. The molecule has 0 N–H and O–H groups in total. The zero-order valence-electron chi connectivity index (χ0n) is 12.4. The molecule has 0 bridgehead atoms. The molecule has 2 rings (SSSR count). The third kappa shape index (κ3) is 3.67. The molecule has 2 aliphatic rings. The molecule has 0 spiro atoms. The minimum absolute atomic E-state index is 0.213. The maximum Gasteiger partial charge on any atom is 0.282 e. The normalized spacial score (nSPS) is 27.8. The second-order valence-electron chi connectivity index (χ2n) is 6.05. The quantitative estimate of drug-likeness (QED) is 0.730. The van der Waals surface area contributed by atoms with E-state index >= 15 is 0 Å². The van der Waals surface area contributed by atoms with Gasteiger partial charge in [-0.15, -0.1) is 11.6 Å². The maximum atomic E-state index is 12.8. The number of piperidine rings is 2. The van der Waals surface area contributed by atoms with Crippen molar-refractivity contribution in [3.63, 3.8) is 0 Å². The van der Waals surface area contributed by atoms with Crippen LogP contribution in [-0.4, -0.2) is 48.6 Å². The molecule has 118 valence electrons. The molecule has 4 nitrogen and oxygen atoms in total. The van der Waals surface area contributed by atoms with E-state index in [4.69, 9.17) is 11.6 Å². The molecule has 0 saturated carbocycles. The monoisotopic (exact) mass is 322 g/mol. The fourth-order valence-corrected chi connectivity index (χ4v) is 5.57. The summed E-state index contributed by atoms with van der Waals surface area (Å²) in [5, 5.41) is 0. The minimum Gasteiger partial charge on any atom is -0.195 e. The zero-order valence-corrected chi connectivity index (χ0v) is 14.0. The van der Waals surface area contributed by atoms with Crippen LogP contribution in [0.25, 0.3) is 0 Å². The first-order valence-electron chi connectivity index (χ1n) is 7.92. The van der Waals surface area contributed by atoms with Crippen LogP contribution in [0.3, 0.4) is 0 Å². The Morgan fingerprint density at radius 1 is 1.10 bits per heavy atom. The average Bonchev–Trinajstić information content (AvgIpc) is 2.48. The van der Waals surface area contributed by atoms with Crippen molar-refractivity contribution in [2.75, 3.05) is 25.5 Å². The Bertz CT molecular complexity index is 392. The first kappa shape index (κ1) is 16.5. The van der Waals surface area contributed by atoms with Crippen molar-refractivity contribution in [3.8, 4) is 0 Å². The Balaban J connectivity index is 2.04. The van der Waals surface area contributed by atoms with Gasteiger partial charge in [0.05, 0.1) is 0 Å². The van der Waals surface area contributed by atoms with Gasteiger partial charge in [-0.3, -0.25) is 0 Å². The summed E-state index contributed by atoms with van der Waals surface area (Å²) in [6.07, 6.45) is 7.00. The summed E-state index contributed by atoms with van der Waals surface area (Å²) in [5.41, 5.74) is 0. The molecule has 2 saturated heterocycles. The second-order valence-corrected chi connectivity index (χ2v) is 8.24. The zero-order chi connectivity index (χ0) is 14.6. The van der Waals surface area contributed by atoms with E-state index in [1.165, 1.54) is 0 Å². The van der Waals surface area contributed by atoms with E-state index in [0.29, 0.717) is 31.4 Å². The van der Waals surface area contributed by atoms with Gasteiger partial charge in [0, 0.05) is 31.6 Å². The lowest BCUT2D eigenvalue weighted by Crippen LogP contribution is -2.52. The number of alkyl halides is 1. The minimum atomic E-state index is -3.26. The molecule has 0 radical (unpaired) electrons. The third-order valence-electron chi connectivity index (χ3n) is 4.61. The summed E-state index contributed by atoms with van der Waals surface area (Å²) in [4.78, 5) is 0. The molecule has 0 amide bonds. The van der Waals surface area contributed by atoms with Crippen molar-refractivity contribution in [2.45, 2.75) is 57.9 Å². The summed E-state index contributed by atoms with van der Waals surface area (Å²) in [7, 11) is -3.26. The van der Waals surface area contributed by atoms with Crippen molar-refractivity contribution in [1.82, 2.24) is 8.61 Å². The Morgan fingerprint density at radius 2 is 1.80 bits per heavy atom. The van der Waals surface area contributed by atoms with Gasteiger partial charge in [-0.05, 0) is 38.0 Å². The van der Waals surface area contributed by atoms with Gasteiger partial charge in [-0.25, -0.2) is 0 Å². The van der Waals surface area contributed by atoms with E-state index in [2.05, 4.69) is 6.92 Å². The van der Waals surface area contributed by atoms with E-state index < -0.39 is 10.2 Å². The Labute approximate surface area is 128 Å². The van der Waals surface area contributed by atoms with Crippen LogP contribution in [0.4, 0.5) is 0 Å². The Morgan fingerprint density at radius 3 is 2.40 bits per heavy atom. The highest BCUT2D eigenvalue weighted by Crippen LogP contribution is 2.28. The summed E-state index contributed by atoms with van der Waals surface area (Å²) >= 11 is 5.88. The molecular formula is C14H27ClN2O2S. The highest BCUT2D eigenvalue weighted by molar-refractivity contribution is 7.86. The van der Waals surface area contributed by atoms with Crippen molar-refractivity contribution in [2.24, 2.45) is 5.92 Å². The van der Waals surface area contributed by atoms with Crippen LogP contribution >= 0.6 is 11.6 Å². The average molecular weight is 323 g/mol. The largest absolute Gasteiger partial charge is 0.282 e. The van der Waals surface area contributed by atoms with Gasteiger partial charge >= 0.3 is 0 Å². The maximum absolute atomic E-state index is 12.8. The molecular weight excluding hydrogens is 296 g/mol. The van der Waals surface area contributed by atoms with Crippen molar-refractivity contribution in [3.05, 3.63) is 0 Å². The van der Waals surface area contributed by atoms with Gasteiger partial charge in [0.25, 0.3) is 10.2 Å². The van der Waals surface area contributed by atoms with E-state index in [9.17, 15) is 8.42 Å². The number of nitrogens with zero attached hydrogens (tertiary/aromatic N) is 2. The molecule has 0 aromatic rings. The van der Waals surface area contributed by atoms with Crippen LogP contribution in [0.1, 0.15) is 51.9 Å². The predicted molar refractivity (Wildman–Crippen MR) is 83.2 cm³/mol. The number of hydrogen-bond donors (Lipinski definition) is 0. The van der Waals surface area contributed by atoms with Crippen LogP contribution < -0.4 is 0 Å². The molecule has 2 aliphatic heterocycles. The molecule has 2 heterocycles. The second kappa shape index (κ2) is 7.43. The first-order valence-corrected chi connectivity index (χ1v) is 9.85. The standard InChI is InChI=1S/C14H27ClN2O2S/c1-2-5-14-6-3-4-9-17(14)20(18,19)16-10-7-13(12-15)8-11-16/h13-14H,2-12H2,1H3. The lowest BCUT2D eigenvalue weighted by Gasteiger charge is -2.40. The number of rotatable bonds is 5. The lowest BCUT2D eigenvalue weighted by molar-refractivity contribution is 0.206. The molecule has 0 aromatic heterocycles. The highest BCUT2D eigenvalue weighted by atomic mass is 35.5. The molecule has 1 unspecified atom stereocenters. The number of hydrogen-bond acceptors (Lipinski definition) is 2. The molecule has 6 heteroatoms. The van der Waals surface area contributed by atoms with Gasteiger partial charge < -0.3 is 0 Å². The number of halogens is 1. The molecule has 2 fully saturated rings. The molecule has 0 aromatic carbocycles. The van der Waals surface area contributed by atoms with Crippen LogP contribution in [0.5, 0.6) is 0 Å². The highest BCUT2D eigenvalue weighted by Gasteiger charge is 2.37. The van der Waals surface area contributed by atoms with E-state index in [1.54, 1.807) is 8.61 Å². The molecule has 0 aliphatic carbocycles. The SMILES string of the molecule is CCCC1CCCCN1S(=O)(=O)N1CCC(CCl)CC1. The summed E-state index contributed by atoms with van der Waals surface area (Å²) < 4.78 is 29.1. The van der Waals surface area contributed by atoms with E-state index in [0.717, 1.165) is 44.9 Å². The van der Waals surface area contributed by atoms with Gasteiger partial charge in [0.15, 0.2) is 0 Å². The van der Waals surface area contributed by atoms with Gasteiger partial charge in [-0.2, -0.15) is 17.0 Å². The van der Waals surface area contributed by atoms with Gasteiger partial charge in [0.2, 0.25) is 0 Å². The van der Waals surface area contributed by atoms with E-state index in [-0.39, 0.29) is 6.04 Å². The lowest BCUT2D eigenvalue weighted by atomic mass is 10.0. The first-order chi connectivity index (χ1) is 9.59. The van der Waals surface area contributed by atoms with Crippen LogP contribution in [0.2, 0.25) is 0 Å². The van der Waals surface area contributed by atoms with Crippen LogP contribution in [0, 0.1) is 5.92 Å². The fraction of sp³-hybridized carbons (Fsp3) is 1.00. The Hall–Kier alpha value is 0.160. The predicted octanol–water partition coefficient (Wildman–Crippen LogP) is 2.84. The van der Waals surface area contributed by atoms with Crippen molar-refractivity contribution in [1.29, 1.82) is 0 Å². The van der Waals surface area contributed by atoms with Crippen molar-refractivity contribution < 1.29 is 8.42 Å². The smallest absolute Gasteiger partial charge is 0.195 e. The van der Waals surface area contributed by atoms with Gasteiger partial charge in [0.1, 0.15) is 0 Å². The summed E-state index contributed by atoms with van der Waals surface area (Å²) in [6, 6.07) is 0.213. The molecule has 1 atom stereocenters. The van der Waals surface area contributed by atoms with E-state index in [1.807, 2.05) is 0 Å². The fourth-order valence-electron chi connectivity index (χ4n) is 3.34. The summed E-state index contributed by atoms with van der Waals surface area (Å²) in [5.74, 6) is 1.13. The van der Waals surface area contributed by atoms with Crippen molar-refractivity contribution >= 4 is 21.8 Å². The Kier molecular flexibility index (Phi) is 6.14.